The Morgan fingerprint density at radius 2 is 1.89 bits per heavy atom. The molecule has 6 heteroatoms. The number of amides is 1. The molecule has 1 unspecified atom stereocenters. The van der Waals surface area contributed by atoms with E-state index in [1.807, 2.05) is 56.3 Å². The van der Waals surface area contributed by atoms with Crippen LogP contribution in [0.2, 0.25) is 0 Å². The van der Waals surface area contributed by atoms with Crippen LogP contribution >= 0.6 is 0 Å². The molecule has 1 aliphatic heterocycles. The summed E-state index contributed by atoms with van der Waals surface area (Å²) in [7, 11) is 0. The molecule has 6 nitrogen and oxygen atoms in total. The Morgan fingerprint density at radius 1 is 1.11 bits per heavy atom. The van der Waals surface area contributed by atoms with Crippen LogP contribution in [0.5, 0.6) is 5.75 Å². The second-order valence-electron chi connectivity index (χ2n) is 6.74. The van der Waals surface area contributed by atoms with Crippen molar-refractivity contribution in [3.05, 3.63) is 71.9 Å². The van der Waals surface area contributed by atoms with Gasteiger partial charge in [-0.1, -0.05) is 18.2 Å². The topological polar surface area (TPSA) is 67.3 Å². The Hall–Kier alpha value is -3.41. The van der Waals surface area contributed by atoms with Crippen molar-refractivity contribution in [3.63, 3.8) is 0 Å². The van der Waals surface area contributed by atoms with Crippen LogP contribution in [-0.4, -0.2) is 28.8 Å². The van der Waals surface area contributed by atoms with Crippen molar-refractivity contribution >= 4 is 23.1 Å². The molecular formula is C22H22N4O2. The molecule has 3 aromatic rings. The fraction of sp³-hybridized carbons (Fsp3) is 0.227. The predicted molar refractivity (Wildman–Crippen MR) is 109 cm³/mol. The molecule has 2 aromatic carbocycles. The van der Waals surface area contributed by atoms with Crippen LogP contribution in [0.1, 0.15) is 29.9 Å². The average Bonchev–Trinajstić information content (AvgIpc) is 3.05. The Morgan fingerprint density at radius 3 is 2.61 bits per heavy atom. The zero-order chi connectivity index (χ0) is 19.5. The predicted octanol–water partition coefficient (Wildman–Crippen LogP) is 4.21. The SMILES string of the molecule is CCOc1ccc(Nc2ccc(C(=O)N3c4ccccc4CC3C)nn2)cc1. The zero-order valence-corrected chi connectivity index (χ0v) is 15.9. The van der Waals surface area contributed by atoms with Crippen LogP contribution in [0.15, 0.2) is 60.7 Å². The first-order valence-corrected chi connectivity index (χ1v) is 9.41. The molecule has 1 aliphatic rings. The van der Waals surface area contributed by atoms with Crippen LogP contribution in [0.25, 0.3) is 0 Å². The van der Waals surface area contributed by atoms with E-state index in [1.54, 1.807) is 17.0 Å². The zero-order valence-electron chi connectivity index (χ0n) is 15.9. The molecule has 0 saturated heterocycles. The van der Waals surface area contributed by atoms with Crippen LogP contribution in [0.3, 0.4) is 0 Å². The minimum absolute atomic E-state index is 0.105. The van der Waals surface area contributed by atoms with Crippen molar-refractivity contribution in [2.24, 2.45) is 0 Å². The molecule has 1 amide bonds. The molecule has 4 rings (SSSR count). The van der Waals surface area contributed by atoms with Crippen molar-refractivity contribution in [3.8, 4) is 5.75 Å². The lowest BCUT2D eigenvalue weighted by molar-refractivity contribution is 0.0975. The van der Waals surface area contributed by atoms with Gasteiger partial charge in [-0.05, 0) is 68.3 Å². The average molecular weight is 374 g/mol. The molecule has 0 radical (unpaired) electrons. The third-order valence-electron chi connectivity index (χ3n) is 4.75. The van der Waals surface area contributed by atoms with E-state index in [0.717, 1.165) is 23.5 Å². The van der Waals surface area contributed by atoms with Crippen molar-refractivity contribution in [2.75, 3.05) is 16.8 Å². The second kappa shape index (κ2) is 7.68. The van der Waals surface area contributed by atoms with Gasteiger partial charge in [-0.25, -0.2) is 0 Å². The van der Waals surface area contributed by atoms with Crippen molar-refractivity contribution < 1.29 is 9.53 Å². The molecule has 2 heterocycles. The van der Waals surface area contributed by atoms with Gasteiger partial charge in [0, 0.05) is 17.4 Å². The minimum atomic E-state index is -0.127. The number of carbonyl (C=O) groups is 1. The van der Waals surface area contributed by atoms with Crippen LogP contribution in [-0.2, 0) is 6.42 Å². The normalized spacial score (nSPS) is 15.2. The number of anilines is 3. The standard InChI is InChI=1S/C22H22N4O2/c1-3-28-18-10-8-17(9-11-18)23-21-13-12-19(24-25-21)22(27)26-15(2)14-16-6-4-5-7-20(16)26/h4-13,15H,3,14H2,1-2H3,(H,23,25). The molecule has 1 aromatic heterocycles. The number of fused-ring (bicyclic) bond motifs is 1. The van der Waals surface area contributed by atoms with E-state index in [9.17, 15) is 4.79 Å². The Balaban J connectivity index is 1.48. The summed E-state index contributed by atoms with van der Waals surface area (Å²) in [5.74, 6) is 1.27. The van der Waals surface area contributed by atoms with E-state index in [0.29, 0.717) is 18.1 Å². The third kappa shape index (κ3) is 3.53. The molecule has 0 bridgehead atoms. The highest BCUT2D eigenvalue weighted by atomic mass is 16.5. The lowest BCUT2D eigenvalue weighted by atomic mass is 10.1. The molecule has 142 valence electrons. The summed E-state index contributed by atoms with van der Waals surface area (Å²) in [5, 5.41) is 11.5. The minimum Gasteiger partial charge on any atom is -0.494 e. The summed E-state index contributed by atoms with van der Waals surface area (Å²) >= 11 is 0. The quantitative estimate of drug-likeness (QED) is 0.725. The molecule has 0 aliphatic carbocycles. The van der Waals surface area contributed by atoms with E-state index < -0.39 is 0 Å². The summed E-state index contributed by atoms with van der Waals surface area (Å²) in [5.41, 5.74) is 3.35. The lowest BCUT2D eigenvalue weighted by Crippen LogP contribution is -2.36. The highest BCUT2D eigenvalue weighted by molar-refractivity contribution is 6.06. The number of aromatic nitrogens is 2. The second-order valence-corrected chi connectivity index (χ2v) is 6.74. The first-order chi connectivity index (χ1) is 13.7. The Kier molecular flexibility index (Phi) is 4.93. The summed E-state index contributed by atoms with van der Waals surface area (Å²) < 4.78 is 5.44. The van der Waals surface area contributed by atoms with Gasteiger partial charge in [0.1, 0.15) is 5.75 Å². The summed E-state index contributed by atoms with van der Waals surface area (Å²) in [4.78, 5) is 14.8. The molecule has 0 fully saturated rings. The van der Waals surface area contributed by atoms with Gasteiger partial charge in [0.05, 0.1) is 6.61 Å². The summed E-state index contributed by atoms with van der Waals surface area (Å²) in [6.07, 6.45) is 0.854. The molecule has 1 atom stereocenters. The maximum atomic E-state index is 13.0. The summed E-state index contributed by atoms with van der Waals surface area (Å²) in [6.45, 7) is 4.63. The highest BCUT2D eigenvalue weighted by Crippen LogP contribution is 2.32. The van der Waals surface area contributed by atoms with Gasteiger partial charge in [-0.2, -0.15) is 0 Å². The van der Waals surface area contributed by atoms with Crippen LogP contribution in [0, 0.1) is 0 Å². The van der Waals surface area contributed by atoms with Crippen LogP contribution < -0.4 is 15.0 Å². The largest absolute Gasteiger partial charge is 0.494 e. The Bertz CT molecular complexity index is 971. The van der Waals surface area contributed by atoms with E-state index in [2.05, 4.69) is 21.6 Å². The van der Waals surface area contributed by atoms with Crippen LogP contribution in [0.4, 0.5) is 17.2 Å². The van der Waals surface area contributed by atoms with Gasteiger partial charge in [0.2, 0.25) is 0 Å². The summed E-state index contributed by atoms with van der Waals surface area (Å²) in [6, 6.07) is 19.2. The number of hydrogen-bond donors (Lipinski definition) is 1. The first-order valence-electron chi connectivity index (χ1n) is 9.41. The number of ether oxygens (including phenoxy) is 1. The van der Waals surface area contributed by atoms with Gasteiger partial charge in [0.15, 0.2) is 11.5 Å². The smallest absolute Gasteiger partial charge is 0.279 e. The van der Waals surface area contributed by atoms with Gasteiger partial charge in [-0.15, -0.1) is 10.2 Å². The number of para-hydroxylation sites is 1. The molecule has 0 saturated carbocycles. The number of nitrogens with one attached hydrogen (secondary N) is 1. The van der Waals surface area contributed by atoms with E-state index in [4.69, 9.17) is 4.74 Å². The highest BCUT2D eigenvalue weighted by Gasteiger charge is 2.31. The number of hydrogen-bond acceptors (Lipinski definition) is 5. The maximum absolute atomic E-state index is 13.0. The fourth-order valence-electron chi connectivity index (χ4n) is 3.46. The Labute approximate surface area is 164 Å². The van der Waals surface area contributed by atoms with Gasteiger partial charge in [0.25, 0.3) is 5.91 Å². The van der Waals surface area contributed by atoms with E-state index in [1.165, 1.54) is 5.56 Å². The molecule has 0 spiro atoms. The maximum Gasteiger partial charge on any atom is 0.279 e. The van der Waals surface area contributed by atoms with Crippen molar-refractivity contribution in [1.29, 1.82) is 0 Å². The van der Waals surface area contributed by atoms with Crippen molar-refractivity contribution in [1.82, 2.24) is 10.2 Å². The molecule has 28 heavy (non-hydrogen) atoms. The third-order valence-corrected chi connectivity index (χ3v) is 4.75. The number of carbonyl (C=O) groups excluding carboxylic acids is 1. The molecule has 1 N–H and O–H groups in total. The van der Waals surface area contributed by atoms with Gasteiger partial charge >= 0.3 is 0 Å². The number of rotatable bonds is 5. The number of nitrogens with zero attached hydrogens (tertiary/aromatic N) is 3. The monoisotopic (exact) mass is 374 g/mol. The molecular weight excluding hydrogens is 352 g/mol. The number of benzene rings is 2. The van der Waals surface area contributed by atoms with E-state index in [-0.39, 0.29) is 11.9 Å². The van der Waals surface area contributed by atoms with Crippen molar-refractivity contribution in [2.45, 2.75) is 26.3 Å². The van der Waals surface area contributed by atoms with E-state index >= 15 is 0 Å². The lowest BCUT2D eigenvalue weighted by Gasteiger charge is -2.22. The van der Waals surface area contributed by atoms with Gasteiger partial charge < -0.3 is 15.0 Å². The first kappa shape index (κ1) is 18.0. The fourth-order valence-corrected chi connectivity index (χ4v) is 3.46. The van der Waals surface area contributed by atoms with Gasteiger partial charge in [-0.3, -0.25) is 4.79 Å².